The molecule has 1 atom stereocenters. The highest BCUT2D eigenvalue weighted by Crippen LogP contribution is 2.13. The second-order valence-electron chi connectivity index (χ2n) is 6.04. The quantitative estimate of drug-likeness (QED) is 0.455. The van der Waals surface area contributed by atoms with Crippen LogP contribution in [-0.2, 0) is 21.3 Å². The summed E-state index contributed by atoms with van der Waals surface area (Å²) in [6, 6.07) is 8.07. The number of ether oxygens (including phenoxy) is 3. The van der Waals surface area contributed by atoms with Gasteiger partial charge in [0.2, 0.25) is 5.43 Å². The van der Waals surface area contributed by atoms with E-state index in [1.165, 1.54) is 19.4 Å². The number of hydrogen-bond donors (Lipinski definition) is 1. The number of H-pyrrole nitrogens is 1. The molecule has 0 spiro atoms. The first kappa shape index (κ1) is 21.7. The molecule has 0 aliphatic heterocycles. The number of aromatic amines is 1. The van der Waals surface area contributed by atoms with Gasteiger partial charge in [-0.3, -0.25) is 9.00 Å². The summed E-state index contributed by atoms with van der Waals surface area (Å²) in [5.41, 5.74) is 0.862. The number of carbonyl (C=O) groups excluding carboxylic acids is 1. The van der Waals surface area contributed by atoms with Crippen molar-refractivity contribution in [3.05, 3.63) is 58.0 Å². The molecule has 152 valence electrons. The van der Waals surface area contributed by atoms with Gasteiger partial charge < -0.3 is 19.2 Å². The molecule has 0 saturated carbocycles. The van der Waals surface area contributed by atoms with Crippen molar-refractivity contribution in [1.29, 1.82) is 0 Å². The lowest BCUT2D eigenvalue weighted by atomic mass is 10.2. The summed E-state index contributed by atoms with van der Waals surface area (Å²) in [7, 11) is 0.218. The number of esters is 1. The normalized spacial score (nSPS) is 11.6. The first-order valence-electron chi connectivity index (χ1n) is 9.04. The maximum Gasteiger partial charge on any atom is 0.337 e. The van der Waals surface area contributed by atoms with Crippen LogP contribution in [0.5, 0.6) is 11.5 Å². The Labute approximate surface area is 166 Å². The third-order valence-corrected chi connectivity index (χ3v) is 5.15. The molecule has 7 nitrogen and oxygen atoms in total. The molecule has 0 radical (unpaired) electrons. The zero-order valence-corrected chi connectivity index (χ0v) is 16.9. The first-order valence-corrected chi connectivity index (χ1v) is 10.5. The van der Waals surface area contributed by atoms with Gasteiger partial charge >= 0.3 is 5.97 Å². The van der Waals surface area contributed by atoms with Crippen molar-refractivity contribution in [2.24, 2.45) is 0 Å². The van der Waals surface area contributed by atoms with Crippen LogP contribution in [0.15, 0.2) is 41.3 Å². The van der Waals surface area contributed by atoms with E-state index in [1.807, 2.05) is 6.92 Å². The van der Waals surface area contributed by atoms with E-state index >= 15 is 0 Å². The molecule has 28 heavy (non-hydrogen) atoms. The molecule has 0 saturated heterocycles. The van der Waals surface area contributed by atoms with Crippen LogP contribution in [0, 0.1) is 0 Å². The summed E-state index contributed by atoms with van der Waals surface area (Å²) in [5, 5.41) is 0. The van der Waals surface area contributed by atoms with Crippen LogP contribution >= 0.6 is 0 Å². The zero-order chi connectivity index (χ0) is 20.4. The number of rotatable bonds is 11. The Kier molecular flexibility index (Phi) is 8.74. The van der Waals surface area contributed by atoms with Gasteiger partial charge in [-0.25, -0.2) is 4.79 Å². The summed E-state index contributed by atoms with van der Waals surface area (Å²) in [6.07, 6.45) is 2.95. The summed E-state index contributed by atoms with van der Waals surface area (Å²) in [5.74, 6) is 1.24. The molecule has 0 aliphatic rings. The Hall–Kier alpha value is -2.61. The lowest BCUT2D eigenvalue weighted by Gasteiger charge is -2.08. The van der Waals surface area contributed by atoms with Crippen molar-refractivity contribution in [2.45, 2.75) is 25.5 Å². The number of methoxy groups -OCH3 is 1. The van der Waals surface area contributed by atoms with E-state index in [0.717, 1.165) is 6.42 Å². The average Bonchev–Trinajstić information content (AvgIpc) is 2.70. The highest BCUT2D eigenvalue weighted by molar-refractivity contribution is 7.84. The molecular weight excluding hydrogens is 382 g/mol. The number of benzene rings is 1. The molecule has 0 aliphatic carbocycles. The Balaban J connectivity index is 1.73. The predicted molar refractivity (Wildman–Crippen MR) is 107 cm³/mol. The summed E-state index contributed by atoms with van der Waals surface area (Å²) in [4.78, 5) is 26.3. The van der Waals surface area contributed by atoms with E-state index in [1.54, 1.807) is 24.3 Å². The van der Waals surface area contributed by atoms with E-state index in [-0.39, 0.29) is 16.9 Å². The summed E-state index contributed by atoms with van der Waals surface area (Å²) < 4.78 is 27.8. The molecule has 1 N–H and O–H groups in total. The molecule has 1 aromatic heterocycles. The van der Waals surface area contributed by atoms with Crippen LogP contribution in [0.4, 0.5) is 0 Å². The fourth-order valence-corrected chi connectivity index (χ4v) is 3.47. The third kappa shape index (κ3) is 6.84. The monoisotopic (exact) mass is 407 g/mol. The van der Waals surface area contributed by atoms with E-state index in [9.17, 15) is 13.8 Å². The minimum Gasteiger partial charge on any atom is -0.494 e. The van der Waals surface area contributed by atoms with Crippen molar-refractivity contribution >= 4 is 16.8 Å². The van der Waals surface area contributed by atoms with Gasteiger partial charge in [-0.15, -0.1) is 0 Å². The van der Waals surface area contributed by atoms with Gasteiger partial charge in [-0.1, -0.05) is 6.92 Å². The second kappa shape index (κ2) is 11.3. The first-order chi connectivity index (χ1) is 13.5. The SMILES string of the molecule is CCCOc1c[nH]c(CS(=O)CCCOc2ccc(C(=O)OC)cc2)cc1=O. The molecule has 8 heteroatoms. The van der Waals surface area contributed by atoms with Crippen molar-refractivity contribution < 1.29 is 23.2 Å². The van der Waals surface area contributed by atoms with E-state index in [4.69, 9.17) is 9.47 Å². The third-order valence-electron chi connectivity index (χ3n) is 3.78. The highest BCUT2D eigenvalue weighted by Gasteiger charge is 2.07. The largest absolute Gasteiger partial charge is 0.494 e. The lowest BCUT2D eigenvalue weighted by molar-refractivity contribution is 0.0600. The molecule has 2 aromatic rings. The predicted octanol–water partition coefficient (Wildman–Crippen LogP) is 2.67. The van der Waals surface area contributed by atoms with E-state index in [2.05, 4.69) is 9.72 Å². The van der Waals surface area contributed by atoms with E-state index in [0.29, 0.717) is 42.4 Å². The lowest BCUT2D eigenvalue weighted by Crippen LogP contribution is -2.12. The van der Waals surface area contributed by atoms with Crippen LogP contribution in [0.25, 0.3) is 0 Å². The van der Waals surface area contributed by atoms with Crippen LogP contribution in [-0.4, -0.2) is 41.2 Å². The Morgan fingerprint density at radius 3 is 2.54 bits per heavy atom. The van der Waals surface area contributed by atoms with Gasteiger partial charge in [0, 0.05) is 34.5 Å². The van der Waals surface area contributed by atoms with Gasteiger partial charge in [0.05, 0.1) is 31.6 Å². The van der Waals surface area contributed by atoms with Crippen molar-refractivity contribution in [3.8, 4) is 11.5 Å². The summed E-state index contributed by atoms with van der Waals surface area (Å²) in [6.45, 7) is 2.86. The van der Waals surface area contributed by atoms with Crippen LogP contribution in [0.2, 0.25) is 0 Å². The standard InChI is InChI=1S/C20H25NO6S/c1-3-9-27-19-13-21-16(12-18(19)22)14-28(24)11-4-10-26-17-7-5-15(6-8-17)20(23)25-2/h5-8,12-13H,3-4,9-11,14H2,1-2H3,(H,21,22). The average molecular weight is 407 g/mol. The number of pyridine rings is 1. The Bertz CT molecular complexity index is 847. The van der Waals surface area contributed by atoms with Crippen molar-refractivity contribution in [3.63, 3.8) is 0 Å². The smallest absolute Gasteiger partial charge is 0.337 e. The van der Waals surface area contributed by atoms with Gasteiger partial charge in [0.15, 0.2) is 5.75 Å². The molecule has 0 amide bonds. The number of hydrogen-bond acceptors (Lipinski definition) is 6. The van der Waals surface area contributed by atoms with Crippen LogP contribution < -0.4 is 14.9 Å². The number of nitrogens with one attached hydrogen (secondary N) is 1. The summed E-state index contributed by atoms with van der Waals surface area (Å²) >= 11 is 0. The van der Waals surface area contributed by atoms with Gasteiger partial charge in [-0.05, 0) is 37.1 Å². The van der Waals surface area contributed by atoms with Crippen molar-refractivity contribution in [1.82, 2.24) is 4.98 Å². The molecule has 2 rings (SSSR count). The van der Waals surface area contributed by atoms with Gasteiger partial charge in [-0.2, -0.15) is 0 Å². The Morgan fingerprint density at radius 2 is 1.89 bits per heavy atom. The topological polar surface area (TPSA) is 94.7 Å². The number of aromatic nitrogens is 1. The second-order valence-corrected chi connectivity index (χ2v) is 7.62. The van der Waals surface area contributed by atoms with E-state index < -0.39 is 16.8 Å². The highest BCUT2D eigenvalue weighted by atomic mass is 32.2. The van der Waals surface area contributed by atoms with Gasteiger partial charge in [0.1, 0.15) is 5.75 Å². The molecular formula is C20H25NO6S. The maximum atomic E-state index is 12.2. The molecule has 1 unspecified atom stereocenters. The maximum absolute atomic E-state index is 12.2. The minimum atomic E-state index is -1.11. The molecule has 0 bridgehead atoms. The fourth-order valence-electron chi connectivity index (χ4n) is 2.37. The zero-order valence-electron chi connectivity index (χ0n) is 16.1. The van der Waals surface area contributed by atoms with Crippen molar-refractivity contribution in [2.75, 3.05) is 26.1 Å². The van der Waals surface area contributed by atoms with Gasteiger partial charge in [0.25, 0.3) is 0 Å². The molecule has 1 heterocycles. The molecule has 1 aromatic carbocycles. The van der Waals surface area contributed by atoms with Crippen LogP contribution in [0.3, 0.4) is 0 Å². The van der Waals surface area contributed by atoms with Crippen LogP contribution in [0.1, 0.15) is 35.8 Å². The number of carbonyl (C=O) groups is 1. The Morgan fingerprint density at radius 1 is 1.14 bits per heavy atom. The fraction of sp³-hybridized carbons (Fsp3) is 0.400. The molecule has 0 fully saturated rings. The minimum absolute atomic E-state index is 0.210.